The molecule has 1 amide bonds. The second kappa shape index (κ2) is 5.28. The Balaban J connectivity index is 2.28. The van der Waals surface area contributed by atoms with Crippen LogP contribution in [0.3, 0.4) is 0 Å². The van der Waals surface area contributed by atoms with Crippen molar-refractivity contribution in [3.8, 4) is 5.75 Å². The first kappa shape index (κ1) is 13.4. The fourth-order valence-electron chi connectivity index (χ4n) is 1.60. The molecule has 3 nitrogen and oxygen atoms in total. The molecule has 2 rings (SSSR count). The summed E-state index contributed by atoms with van der Waals surface area (Å²) >= 11 is 5.80. The largest absolute Gasteiger partial charge is 0.508 e. The van der Waals surface area contributed by atoms with Crippen LogP contribution in [0.15, 0.2) is 36.4 Å². The van der Waals surface area contributed by atoms with Crippen LogP contribution in [-0.4, -0.2) is 11.0 Å². The number of hydrogen-bond donors (Lipinski definition) is 2. The second-order valence-corrected chi connectivity index (χ2v) is 4.46. The molecule has 98 valence electrons. The Morgan fingerprint density at radius 1 is 1.32 bits per heavy atom. The summed E-state index contributed by atoms with van der Waals surface area (Å²) in [5.41, 5.74) is 0.832. The van der Waals surface area contributed by atoms with Gasteiger partial charge >= 0.3 is 0 Å². The average Bonchev–Trinajstić information content (AvgIpc) is 2.33. The maximum absolute atomic E-state index is 13.6. The van der Waals surface area contributed by atoms with Gasteiger partial charge in [0.15, 0.2) is 0 Å². The molecule has 2 aromatic rings. The Morgan fingerprint density at radius 3 is 2.68 bits per heavy atom. The minimum Gasteiger partial charge on any atom is -0.508 e. The third-order valence-electron chi connectivity index (χ3n) is 2.66. The van der Waals surface area contributed by atoms with Gasteiger partial charge in [0.05, 0.1) is 10.6 Å². The summed E-state index contributed by atoms with van der Waals surface area (Å²) in [6.45, 7) is 1.73. The minimum atomic E-state index is -0.693. The molecule has 0 unspecified atom stereocenters. The maximum Gasteiger partial charge on any atom is 0.260 e. The highest BCUT2D eigenvalue weighted by Gasteiger charge is 2.16. The summed E-state index contributed by atoms with van der Waals surface area (Å²) in [4.78, 5) is 11.9. The van der Waals surface area contributed by atoms with Crippen molar-refractivity contribution in [2.75, 3.05) is 5.32 Å². The van der Waals surface area contributed by atoms with Crippen molar-refractivity contribution in [1.82, 2.24) is 0 Å². The van der Waals surface area contributed by atoms with Crippen molar-refractivity contribution in [2.24, 2.45) is 0 Å². The predicted molar refractivity (Wildman–Crippen MR) is 72.2 cm³/mol. The van der Waals surface area contributed by atoms with E-state index in [0.717, 1.165) is 6.07 Å². The molecule has 0 fully saturated rings. The lowest BCUT2D eigenvalue weighted by molar-refractivity contribution is 0.102. The fourth-order valence-corrected chi connectivity index (χ4v) is 1.84. The van der Waals surface area contributed by atoms with E-state index in [9.17, 15) is 14.3 Å². The number of benzene rings is 2. The highest BCUT2D eigenvalue weighted by molar-refractivity contribution is 6.34. The topological polar surface area (TPSA) is 49.3 Å². The minimum absolute atomic E-state index is 0.0360. The number of nitrogens with one attached hydrogen (secondary N) is 1. The molecule has 0 atom stereocenters. The number of rotatable bonds is 2. The molecule has 0 radical (unpaired) electrons. The zero-order chi connectivity index (χ0) is 14.0. The van der Waals surface area contributed by atoms with E-state index in [4.69, 9.17) is 11.6 Å². The summed E-state index contributed by atoms with van der Waals surface area (Å²) in [6, 6.07) is 8.67. The first-order valence-corrected chi connectivity index (χ1v) is 5.92. The normalized spacial score (nSPS) is 10.3. The Morgan fingerprint density at radius 2 is 2.05 bits per heavy atom. The van der Waals surface area contributed by atoms with Crippen LogP contribution >= 0.6 is 11.6 Å². The quantitative estimate of drug-likeness (QED) is 0.880. The van der Waals surface area contributed by atoms with Gasteiger partial charge in [-0.15, -0.1) is 0 Å². The molecule has 0 bridgehead atoms. The van der Waals surface area contributed by atoms with Gasteiger partial charge in [0.2, 0.25) is 0 Å². The average molecular weight is 280 g/mol. The van der Waals surface area contributed by atoms with E-state index < -0.39 is 11.7 Å². The van der Waals surface area contributed by atoms with E-state index in [1.807, 2.05) is 0 Å². The van der Waals surface area contributed by atoms with Gasteiger partial charge in [-0.05, 0) is 30.7 Å². The lowest BCUT2D eigenvalue weighted by atomic mass is 10.1. The molecule has 0 aromatic heterocycles. The molecular weight excluding hydrogens is 269 g/mol. The van der Waals surface area contributed by atoms with E-state index in [2.05, 4.69) is 5.32 Å². The van der Waals surface area contributed by atoms with E-state index in [0.29, 0.717) is 11.3 Å². The smallest absolute Gasteiger partial charge is 0.260 e. The van der Waals surface area contributed by atoms with Crippen LogP contribution in [0.25, 0.3) is 0 Å². The Labute approximate surface area is 114 Å². The number of phenolic OH excluding ortho intramolecular Hbond substituents is 1. The fraction of sp³-hybridized carbons (Fsp3) is 0.0714. The molecule has 19 heavy (non-hydrogen) atoms. The number of carbonyl (C=O) groups is 1. The summed E-state index contributed by atoms with van der Waals surface area (Å²) in [5, 5.41) is 12.1. The van der Waals surface area contributed by atoms with Gasteiger partial charge in [-0.2, -0.15) is 0 Å². The van der Waals surface area contributed by atoms with Crippen molar-refractivity contribution in [3.63, 3.8) is 0 Å². The lowest BCUT2D eigenvalue weighted by Gasteiger charge is -2.08. The standard InChI is InChI=1S/C14H11ClFNO2/c1-8-5-6-9(7-12(8)18)17-14(19)13-10(15)3-2-4-11(13)16/h2-7,18H,1H3,(H,17,19). The molecule has 2 aromatic carbocycles. The van der Waals surface area contributed by atoms with Crippen LogP contribution in [0.2, 0.25) is 5.02 Å². The molecular formula is C14H11ClFNO2. The third-order valence-corrected chi connectivity index (χ3v) is 2.97. The summed E-state index contributed by atoms with van der Waals surface area (Å²) in [6.07, 6.45) is 0. The van der Waals surface area contributed by atoms with Gasteiger partial charge in [0.1, 0.15) is 11.6 Å². The summed E-state index contributed by atoms with van der Waals surface area (Å²) in [5.74, 6) is -1.30. The van der Waals surface area contributed by atoms with Crippen LogP contribution in [0, 0.1) is 12.7 Å². The molecule has 2 N–H and O–H groups in total. The first-order valence-electron chi connectivity index (χ1n) is 5.54. The maximum atomic E-state index is 13.6. The second-order valence-electron chi connectivity index (χ2n) is 4.05. The van der Waals surface area contributed by atoms with Gasteiger partial charge < -0.3 is 10.4 Å². The van der Waals surface area contributed by atoms with E-state index in [-0.39, 0.29) is 16.3 Å². The zero-order valence-electron chi connectivity index (χ0n) is 10.1. The van der Waals surface area contributed by atoms with Crippen LogP contribution in [-0.2, 0) is 0 Å². The number of carbonyl (C=O) groups excluding carboxylic acids is 1. The van der Waals surface area contributed by atoms with Crippen LogP contribution < -0.4 is 5.32 Å². The summed E-state index contributed by atoms with van der Waals surface area (Å²) < 4.78 is 13.6. The SMILES string of the molecule is Cc1ccc(NC(=O)c2c(F)cccc2Cl)cc1O. The van der Waals surface area contributed by atoms with Crippen molar-refractivity contribution in [3.05, 3.63) is 58.4 Å². The highest BCUT2D eigenvalue weighted by atomic mass is 35.5. The number of aryl methyl sites for hydroxylation is 1. The molecule has 0 heterocycles. The molecule has 0 aliphatic heterocycles. The van der Waals surface area contributed by atoms with Gasteiger partial charge in [-0.25, -0.2) is 4.39 Å². The van der Waals surface area contributed by atoms with Crippen LogP contribution in [0.4, 0.5) is 10.1 Å². The highest BCUT2D eigenvalue weighted by Crippen LogP contribution is 2.23. The van der Waals surface area contributed by atoms with Crippen molar-refractivity contribution >= 4 is 23.2 Å². The van der Waals surface area contributed by atoms with Crippen LogP contribution in [0.5, 0.6) is 5.75 Å². The summed E-state index contributed by atoms with van der Waals surface area (Å²) in [7, 11) is 0. The van der Waals surface area contributed by atoms with Gasteiger partial charge in [-0.3, -0.25) is 4.79 Å². The Bertz CT molecular complexity index is 623. The van der Waals surface area contributed by atoms with Gasteiger partial charge in [0, 0.05) is 11.8 Å². The molecule has 0 saturated carbocycles. The number of halogens is 2. The van der Waals surface area contributed by atoms with E-state index >= 15 is 0 Å². The first-order chi connectivity index (χ1) is 8.99. The number of hydrogen-bond acceptors (Lipinski definition) is 2. The lowest BCUT2D eigenvalue weighted by Crippen LogP contribution is -2.14. The number of phenols is 1. The Hall–Kier alpha value is -2.07. The molecule has 0 saturated heterocycles. The molecule has 5 heteroatoms. The van der Waals surface area contributed by atoms with Crippen LogP contribution in [0.1, 0.15) is 15.9 Å². The number of aromatic hydroxyl groups is 1. The van der Waals surface area contributed by atoms with Crippen molar-refractivity contribution < 1.29 is 14.3 Å². The number of amides is 1. The predicted octanol–water partition coefficient (Wildman–Crippen LogP) is 3.75. The van der Waals surface area contributed by atoms with Crippen molar-refractivity contribution in [2.45, 2.75) is 6.92 Å². The van der Waals surface area contributed by atoms with Gasteiger partial charge in [-0.1, -0.05) is 23.7 Å². The van der Waals surface area contributed by atoms with E-state index in [1.165, 1.54) is 18.2 Å². The van der Waals surface area contributed by atoms with Crippen molar-refractivity contribution in [1.29, 1.82) is 0 Å². The Kier molecular flexibility index (Phi) is 3.71. The monoisotopic (exact) mass is 279 g/mol. The molecule has 0 aliphatic carbocycles. The van der Waals surface area contributed by atoms with E-state index in [1.54, 1.807) is 19.1 Å². The molecule has 0 spiro atoms. The number of anilines is 1. The van der Waals surface area contributed by atoms with Gasteiger partial charge in [0.25, 0.3) is 5.91 Å². The molecule has 0 aliphatic rings. The zero-order valence-corrected chi connectivity index (χ0v) is 10.8. The third kappa shape index (κ3) is 2.85.